The van der Waals surface area contributed by atoms with Crippen molar-refractivity contribution in [3.63, 3.8) is 0 Å². The molecule has 0 aromatic carbocycles. The summed E-state index contributed by atoms with van der Waals surface area (Å²) in [5.74, 6) is 0. The highest BCUT2D eigenvalue weighted by atomic mass is 32.2. The fraction of sp³-hybridized carbons (Fsp3) is 0.733. The molecule has 0 unspecified atom stereocenters. The van der Waals surface area contributed by atoms with Crippen molar-refractivity contribution in [1.82, 2.24) is 23.7 Å². The second-order valence-corrected chi connectivity index (χ2v) is 9.05. The molecule has 2 aliphatic rings. The molecular formula is C15H25N5O3S. The molecule has 134 valence electrons. The minimum absolute atomic E-state index is 0.000100. The fourth-order valence-electron chi connectivity index (χ4n) is 3.74. The summed E-state index contributed by atoms with van der Waals surface area (Å²) in [6.45, 7) is 2.32. The predicted octanol–water partition coefficient (Wildman–Crippen LogP) is 0.578. The molecule has 0 bridgehead atoms. The van der Waals surface area contributed by atoms with Gasteiger partial charge in [0, 0.05) is 58.9 Å². The number of rotatable bonds is 2. The molecule has 3 heterocycles. The number of urea groups is 1. The highest BCUT2D eigenvalue weighted by molar-refractivity contribution is 7.89. The van der Waals surface area contributed by atoms with Crippen LogP contribution in [-0.4, -0.2) is 78.4 Å². The standard InChI is InChI=1S/C15H25N5O3S/c1-17(2)14(21)19-7-4-5-15(10-19)6-8-20(11-15)24(22,23)13-9-18(3)12-16-13/h9,12H,4-8,10-11H2,1-3H3/t15-/m1/s1. The van der Waals surface area contributed by atoms with E-state index in [2.05, 4.69) is 4.98 Å². The van der Waals surface area contributed by atoms with Gasteiger partial charge in [0.05, 0.1) is 6.33 Å². The van der Waals surface area contributed by atoms with Crippen molar-refractivity contribution in [3.05, 3.63) is 12.5 Å². The van der Waals surface area contributed by atoms with Gasteiger partial charge < -0.3 is 14.4 Å². The van der Waals surface area contributed by atoms with Gasteiger partial charge in [-0.1, -0.05) is 0 Å². The number of nitrogens with zero attached hydrogens (tertiary/aromatic N) is 5. The van der Waals surface area contributed by atoms with Crippen LogP contribution in [0.1, 0.15) is 19.3 Å². The molecule has 1 aromatic heterocycles. The lowest BCUT2D eigenvalue weighted by atomic mass is 9.79. The van der Waals surface area contributed by atoms with Gasteiger partial charge in [0.1, 0.15) is 0 Å². The Labute approximate surface area is 143 Å². The summed E-state index contributed by atoms with van der Waals surface area (Å²) < 4.78 is 28.7. The molecule has 1 aromatic rings. The van der Waals surface area contributed by atoms with Gasteiger partial charge in [-0.2, -0.15) is 4.31 Å². The monoisotopic (exact) mass is 355 g/mol. The van der Waals surface area contributed by atoms with Crippen molar-refractivity contribution in [2.45, 2.75) is 24.3 Å². The van der Waals surface area contributed by atoms with Gasteiger partial charge >= 0.3 is 6.03 Å². The first-order valence-electron chi connectivity index (χ1n) is 8.18. The van der Waals surface area contributed by atoms with Gasteiger partial charge in [0.25, 0.3) is 10.0 Å². The first-order chi connectivity index (χ1) is 11.2. The third kappa shape index (κ3) is 3.02. The van der Waals surface area contributed by atoms with E-state index in [9.17, 15) is 13.2 Å². The zero-order valence-electron chi connectivity index (χ0n) is 14.5. The van der Waals surface area contributed by atoms with Gasteiger partial charge in [-0.3, -0.25) is 0 Å². The highest BCUT2D eigenvalue weighted by Gasteiger charge is 2.46. The summed E-state index contributed by atoms with van der Waals surface area (Å²) in [6, 6.07) is 0.000100. The van der Waals surface area contributed by atoms with Crippen molar-refractivity contribution in [3.8, 4) is 0 Å². The zero-order valence-corrected chi connectivity index (χ0v) is 15.3. The van der Waals surface area contributed by atoms with E-state index in [0.29, 0.717) is 19.6 Å². The van der Waals surface area contributed by atoms with Crippen LogP contribution >= 0.6 is 0 Å². The third-order valence-electron chi connectivity index (χ3n) is 5.00. The van der Waals surface area contributed by atoms with Crippen LogP contribution in [0.15, 0.2) is 17.6 Å². The molecule has 0 radical (unpaired) electrons. The normalized spacial score (nSPS) is 25.4. The van der Waals surface area contributed by atoms with Crippen molar-refractivity contribution in [2.24, 2.45) is 12.5 Å². The lowest BCUT2D eigenvalue weighted by Crippen LogP contribution is -2.50. The van der Waals surface area contributed by atoms with Crippen LogP contribution in [0.4, 0.5) is 4.79 Å². The Bertz CT molecular complexity index is 729. The van der Waals surface area contributed by atoms with Crippen LogP contribution < -0.4 is 0 Å². The van der Waals surface area contributed by atoms with Crippen LogP contribution in [0.3, 0.4) is 0 Å². The van der Waals surface area contributed by atoms with E-state index in [0.717, 1.165) is 25.8 Å². The number of hydrogen-bond acceptors (Lipinski definition) is 4. The third-order valence-corrected chi connectivity index (χ3v) is 6.73. The molecule has 1 atom stereocenters. The zero-order chi connectivity index (χ0) is 17.5. The molecule has 2 saturated heterocycles. The Morgan fingerprint density at radius 1 is 1.25 bits per heavy atom. The molecule has 9 heteroatoms. The largest absolute Gasteiger partial charge is 0.339 e. The number of aromatic nitrogens is 2. The van der Waals surface area contributed by atoms with Crippen LogP contribution in [0, 0.1) is 5.41 Å². The molecule has 3 rings (SSSR count). The summed E-state index contributed by atoms with van der Waals surface area (Å²) in [6.07, 6.45) is 5.69. The molecule has 2 aliphatic heterocycles. The maximum Gasteiger partial charge on any atom is 0.319 e. The number of likely N-dealkylation sites (tertiary alicyclic amines) is 1. The predicted molar refractivity (Wildman–Crippen MR) is 88.9 cm³/mol. The number of piperidine rings is 1. The topological polar surface area (TPSA) is 78.8 Å². The van der Waals surface area contributed by atoms with Crippen LogP contribution in [0.5, 0.6) is 0 Å². The van der Waals surface area contributed by atoms with Gasteiger partial charge in [0.2, 0.25) is 0 Å². The quantitative estimate of drug-likeness (QED) is 0.777. The molecule has 0 aliphatic carbocycles. The van der Waals surface area contributed by atoms with Gasteiger partial charge in [0.15, 0.2) is 5.03 Å². The first kappa shape index (κ1) is 17.2. The summed E-state index contributed by atoms with van der Waals surface area (Å²) in [5, 5.41) is 0.0964. The van der Waals surface area contributed by atoms with Crippen molar-refractivity contribution < 1.29 is 13.2 Å². The smallest absolute Gasteiger partial charge is 0.319 e. The highest BCUT2D eigenvalue weighted by Crippen LogP contribution is 2.40. The number of hydrogen-bond donors (Lipinski definition) is 0. The Hall–Kier alpha value is -1.61. The van der Waals surface area contributed by atoms with E-state index in [1.54, 1.807) is 30.6 Å². The summed E-state index contributed by atoms with van der Waals surface area (Å²) in [5.41, 5.74) is -0.133. The van der Waals surface area contributed by atoms with Crippen LogP contribution in [0.25, 0.3) is 0 Å². The van der Waals surface area contributed by atoms with Crippen molar-refractivity contribution in [1.29, 1.82) is 0 Å². The Morgan fingerprint density at radius 2 is 2.00 bits per heavy atom. The molecule has 1 spiro atoms. The molecule has 0 N–H and O–H groups in total. The second-order valence-electron chi connectivity index (χ2n) is 7.17. The van der Waals surface area contributed by atoms with Crippen molar-refractivity contribution >= 4 is 16.1 Å². The number of imidazole rings is 1. The average molecular weight is 355 g/mol. The summed E-state index contributed by atoms with van der Waals surface area (Å²) in [4.78, 5) is 19.7. The van der Waals surface area contributed by atoms with E-state index in [1.165, 1.54) is 16.8 Å². The maximum atomic E-state index is 12.8. The minimum Gasteiger partial charge on any atom is -0.339 e. The molecule has 8 nitrogen and oxygen atoms in total. The lowest BCUT2D eigenvalue weighted by Gasteiger charge is -2.41. The number of sulfonamides is 1. The molecular weight excluding hydrogens is 330 g/mol. The molecule has 2 amide bonds. The number of carbonyl (C=O) groups excluding carboxylic acids is 1. The van der Waals surface area contributed by atoms with Gasteiger partial charge in [-0.15, -0.1) is 0 Å². The van der Waals surface area contributed by atoms with Crippen LogP contribution in [0.2, 0.25) is 0 Å². The Morgan fingerprint density at radius 3 is 2.62 bits per heavy atom. The summed E-state index contributed by atoms with van der Waals surface area (Å²) in [7, 11) is 1.69. The van der Waals surface area contributed by atoms with E-state index in [4.69, 9.17) is 0 Å². The number of amides is 2. The van der Waals surface area contributed by atoms with E-state index < -0.39 is 10.0 Å². The van der Waals surface area contributed by atoms with Crippen LogP contribution in [-0.2, 0) is 17.1 Å². The number of aryl methyl sites for hydroxylation is 1. The number of carbonyl (C=O) groups is 1. The van der Waals surface area contributed by atoms with Gasteiger partial charge in [-0.25, -0.2) is 18.2 Å². The SMILES string of the molecule is CN(C)C(=O)N1CCC[C@@]2(CCN(S(=O)(=O)c3cn(C)cn3)C2)C1. The fourth-order valence-corrected chi connectivity index (χ4v) is 5.26. The Balaban J connectivity index is 1.75. The molecule has 2 fully saturated rings. The molecule has 24 heavy (non-hydrogen) atoms. The molecule has 0 saturated carbocycles. The Kier molecular flexibility index (Phi) is 4.33. The maximum absolute atomic E-state index is 12.8. The minimum atomic E-state index is -3.56. The van der Waals surface area contributed by atoms with E-state index in [1.807, 2.05) is 4.90 Å². The summed E-state index contributed by atoms with van der Waals surface area (Å²) >= 11 is 0. The lowest BCUT2D eigenvalue weighted by molar-refractivity contribution is 0.100. The second kappa shape index (κ2) is 6.03. The van der Waals surface area contributed by atoms with E-state index >= 15 is 0 Å². The average Bonchev–Trinajstić information content (AvgIpc) is 3.14. The first-order valence-corrected chi connectivity index (χ1v) is 9.62. The van der Waals surface area contributed by atoms with Gasteiger partial charge in [-0.05, 0) is 19.3 Å². The van der Waals surface area contributed by atoms with Crippen molar-refractivity contribution in [2.75, 3.05) is 40.3 Å². The van der Waals surface area contributed by atoms with E-state index in [-0.39, 0.29) is 16.5 Å².